The number of hydrogen-bond donors (Lipinski definition) is 1. The Hall–Kier alpha value is -2.23. The number of halogens is 1. The van der Waals surface area contributed by atoms with Crippen molar-refractivity contribution in [1.29, 1.82) is 0 Å². The number of benzene rings is 1. The highest BCUT2D eigenvalue weighted by Gasteiger charge is 2.42. The van der Waals surface area contributed by atoms with E-state index >= 15 is 0 Å². The van der Waals surface area contributed by atoms with Crippen molar-refractivity contribution in [3.8, 4) is 11.5 Å². The van der Waals surface area contributed by atoms with Crippen molar-refractivity contribution in [2.45, 2.75) is 24.3 Å². The van der Waals surface area contributed by atoms with Crippen molar-refractivity contribution < 1.29 is 14.3 Å². The van der Waals surface area contributed by atoms with Gasteiger partial charge in [0.25, 0.3) is 5.91 Å². The maximum Gasteiger partial charge on any atom is 0.256 e. The highest BCUT2D eigenvalue weighted by atomic mass is 35.5. The van der Waals surface area contributed by atoms with Crippen molar-refractivity contribution in [2.75, 3.05) is 52.0 Å². The molecule has 2 aromatic rings. The van der Waals surface area contributed by atoms with E-state index in [1.165, 1.54) is 11.8 Å². The first-order valence-electron chi connectivity index (χ1n) is 11.2. The molecule has 3 heterocycles. The summed E-state index contributed by atoms with van der Waals surface area (Å²) in [7, 11) is 3.17. The van der Waals surface area contributed by atoms with E-state index in [9.17, 15) is 4.79 Å². The minimum absolute atomic E-state index is 0.0723. The van der Waals surface area contributed by atoms with Crippen LogP contribution < -0.4 is 14.8 Å². The van der Waals surface area contributed by atoms with E-state index in [2.05, 4.69) is 15.2 Å². The Morgan fingerprint density at radius 1 is 1.15 bits per heavy atom. The summed E-state index contributed by atoms with van der Waals surface area (Å²) in [5, 5.41) is 5.22. The molecule has 0 radical (unpaired) electrons. The van der Waals surface area contributed by atoms with E-state index in [-0.39, 0.29) is 11.3 Å². The van der Waals surface area contributed by atoms with Crippen LogP contribution in [0, 0.1) is 5.41 Å². The van der Waals surface area contributed by atoms with Gasteiger partial charge in [-0.3, -0.25) is 4.79 Å². The van der Waals surface area contributed by atoms with Crippen LogP contribution in [0.25, 0.3) is 0 Å². The molecule has 0 unspecified atom stereocenters. The number of rotatable bonds is 5. The number of carbonyl (C=O) groups is 1. The molecule has 1 amide bonds. The minimum atomic E-state index is 0.0723. The van der Waals surface area contributed by atoms with E-state index in [0.717, 1.165) is 56.2 Å². The number of thiocarbonyl (C=S) groups is 1. The van der Waals surface area contributed by atoms with Gasteiger partial charge >= 0.3 is 0 Å². The second kappa shape index (κ2) is 10.6. The lowest BCUT2D eigenvalue weighted by Crippen LogP contribution is -2.45. The summed E-state index contributed by atoms with van der Waals surface area (Å²) in [6, 6.07) is 7.21. The van der Waals surface area contributed by atoms with Crippen LogP contribution in [0.2, 0.25) is 5.02 Å². The molecule has 0 atom stereocenters. The van der Waals surface area contributed by atoms with Gasteiger partial charge in [0.15, 0.2) is 5.11 Å². The Balaban J connectivity index is 1.38. The van der Waals surface area contributed by atoms with E-state index in [4.69, 9.17) is 33.3 Å². The third kappa shape index (κ3) is 5.06. The minimum Gasteiger partial charge on any atom is -0.495 e. The Labute approximate surface area is 215 Å². The molecule has 1 aromatic carbocycles. The first-order chi connectivity index (χ1) is 16.4. The lowest BCUT2D eigenvalue weighted by atomic mass is 9.77. The normalized spacial score (nSPS) is 17.1. The fourth-order valence-electron chi connectivity index (χ4n) is 4.74. The zero-order chi connectivity index (χ0) is 24.3. The van der Waals surface area contributed by atoms with Gasteiger partial charge in [0, 0.05) is 44.5 Å². The summed E-state index contributed by atoms with van der Waals surface area (Å²) in [6.45, 7) is 3.25. The van der Waals surface area contributed by atoms with Crippen LogP contribution in [-0.2, 0) is 0 Å². The number of thioether (sulfide) groups is 1. The quantitative estimate of drug-likeness (QED) is 0.445. The number of anilines is 1. The van der Waals surface area contributed by atoms with Crippen molar-refractivity contribution in [3.05, 3.63) is 41.0 Å². The van der Waals surface area contributed by atoms with Crippen LogP contribution in [0.4, 0.5) is 5.69 Å². The van der Waals surface area contributed by atoms with E-state index in [1.54, 1.807) is 32.5 Å². The summed E-state index contributed by atoms with van der Waals surface area (Å²) in [5.41, 5.74) is 1.58. The van der Waals surface area contributed by atoms with Crippen LogP contribution in [0.15, 0.2) is 35.5 Å². The molecular formula is C24H29ClN4O3S2. The topological polar surface area (TPSA) is 66.9 Å². The van der Waals surface area contributed by atoms with Crippen LogP contribution in [0.3, 0.4) is 0 Å². The number of hydrogen-bond acceptors (Lipinski definition) is 6. The molecule has 2 aliphatic heterocycles. The van der Waals surface area contributed by atoms with Gasteiger partial charge in [-0.05, 0) is 55.3 Å². The number of aromatic nitrogens is 1. The zero-order valence-electron chi connectivity index (χ0n) is 19.6. The lowest BCUT2D eigenvalue weighted by molar-refractivity contribution is 0.0595. The van der Waals surface area contributed by atoms with Crippen molar-refractivity contribution >= 4 is 52.3 Å². The largest absolute Gasteiger partial charge is 0.495 e. The number of carbonyl (C=O) groups excluding carboxylic acids is 1. The Morgan fingerprint density at radius 2 is 1.82 bits per heavy atom. The second-order valence-electron chi connectivity index (χ2n) is 8.64. The molecule has 0 aliphatic carbocycles. The molecule has 0 saturated carbocycles. The van der Waals surface area contributed by atoms with Crippen LogP contribution in [-0.4, -0.2) is 72.5 Å². The second-order valence-corrected chi connectivity index (χ2v) is 10.2. The van der Waals surface area contributed by atoms with Gasteiger partial charge in [-0.1, -0.05) is 11.6 Å². The predicted molar refractivity (Wildman–Crippen MR) is 141 cm³/mol. The number of pyridine rings is 1. The van der Waals surface area contributed by atoms with Gasteiger partial charge < -0.3 is 24.6 Å². The number of nitrogens with zero attached hydrogens (tertiary/aromatic N) is 3. The molecule has 1 aromatic heterocycles. The SMILES string of the molecule is COc1cc(NC(=S)N2CCC3(CCN(C(=O)c4cccnc4SC)CC3)C2)c(OC)cc1Cl. The summed E-state index contributed by atoms with van der Waals surface area (Å²) in [4.78, 5) is 21.6. The number of piperidine rings is 1. The first-order valence-corrected chi connectivity index (χ1v) is 13.2. The third-order valence-electron chi connectivity index (χ3n) is 6.75. The van der Waals surface area contributed by atoms with Gasteiger partial charge in [0.1, 0.15) is 16.5 Å². The van der Waals surface area contributed by atoms with Crippen molar-refractivity contribution in [1.82, 2.24) is 14.8 Å². The first kappa shape index (κ1) is 24.9. The van der Waals surface area contributed by atoms with Gasteiger partial charge in [-0.25, -0.2) is 4.98 Å². The highest BCUT2D eigenvalue weighted by Crippen LogP contribution is 2.42. The molecule has 0 bridgehead atoms. The van der Waals surface area contributed by atoms with E-state index in [1.807, 2.05) is 23.3 Å². The Bertz CT molecular complexity index is 1080. The van der Waals surface area contributed by atoms with Crippen LogP contribution in [0.1, 0.15) is 29.6 Å². The number of amides is 1. The van der Waals surface area contributed by atoms with E-state index in [0.29, 0.717) is 27.2 Å². The molecule has 10 heteroatoms. The standard InChI is InChI=1S/C24H29ClN4O3S2/c1-31-19-14-18(20(32-2)13-17(19)25)27-23(33)29-12-8-24(15-29)6-10-28(11-7-24)22(30)16-5-4-9-26-21(16)34-3/h4-5,9,13-14H,6-8,10-12,15H2,1-3H3,(H,27,33). The maximum atomic E-state index is 13.1. The van der Waals surface area contributed by atoms with Crippen LogP contribution >= 0.6 is 35.6 Å². The molecule has 182 valence electrons. The molecule has 4 rings (SSSR count). The van der Waals surface area contributed by atoms with Gasteiger partial charge in [-0.15, -0.1) is 11.8 Å². The average Bonchev–Trinajstić information content (AvgIpc) is 3.28. The maximum absolute atomic E-state index is 13.1. The van der Waals surface area contributed by atoms with Crippen molar-refractivity contribution in [2.24, 2.45) is 5.41 Å². The molecule has 1 spiro atoms. The summed E-state index contributed by atoms with van der Waals surface area (Å²) >= 11 is 13.5. The van der Waals surface area contributed by atoms with E-state index < -0.39 is 0 Å². The zero-order valence-corrected chi connectivity index (χ0v) is 22.0. The summed E-state index contributed by atoms with van der Waals surface area (Å²) in [5.74, 6) is 1.23. The fraction of sp³-hybridized carbons (Fsp3) is 0.458. The molecule has 34 heavy (non-hydrogen) atoms. The average molecular weight is 521 g/mol. The Kier molecular flexibility index (Phi) is 7.74. The lowest BCUT2D eigenvalue weighted by Gasteiger charge is -2.39. The summed E-state index contributed by atoms with van der Waals surface area (Å²) in [6.07, 6.45) is 6.66. The highest BCUT2D eigenvalue weighted by molar-refractivity contribution is 7.98. The Morgan fingerprint density at radius 3 is 2.47 bits per heavy atom. The number of likely N-dealkylation sites (tertiary alicyclic amines) is 2. The molecule has 2 fully saturated rings. The van der Waals surface area contributed by atoms with Gasteiger partial charge in [0.2, 0.25) is 0 Å². The van der Waals surface area contributed by atoms with Crippen LogP contribution in [0.5, 0.6) is 11.5 Å². The van der Waals surface area contributed by atoms with Crippen molar-refractivity contribution in [3.63, 3.8) is 0 Å². The number of nitrogens with one attached hydrogen (secondary N) is 1. The number of ether oxygens (including phenoxy) is 2. The molecule has 1 N–H and O–H groups in total. The van der Waals surface area contributed by atoms with Gasteiger partial charge in [-0.2, -0.15) is 0 Å². The van der Waals surface area contributed by atoms with Gasteiger partial charge in [0.05, 0.1) is 30.5 Å². The fourth-order valence-corrected chi connectivity index (χ4v) is 5.78. The molecule has 2 saturated heterocycles. The molecular weight excluding hydrogens is 492 g/mol. The molecule has 7 nitrogen and oxygen atoms in total. The predicted octanol–water partition coefficient (Wildman–Crippen LogP) is 4.80. The summed E-state index contributed by atoms with van der Waals surface area (Å²) < 4.78 is 10.8. The molecule has 2 aliphatic rings. The number of methoxy groups -OCH3 is 2. The smallest absolute Gasteiger partial charge is 0.256 e. The third-order valence-corrected chi connectivity index (χ3v) is 8.11. The monoisotopic (exact) mass is 520 g/mol.